The van der Waals surface area contributed by atoms with E-state index in [9.17, 15) is 9.18 Å². The molecule has 0 aromatic heterocycles. The Balaban J connectivity index is 0.00000338. The smallest absolute Gasteiger partial charge is 0.409 e. The third-order valence-electron chi connectivity index (χ3n) is 3.97. The number of carbonyl (C=O) groups excluding carboxylic acids is 1. The highest BCUT2D eigenvalue weighted by atomic mass is 127. The molecule has 2 rings (SSSR count). The molecule has 26 heavy (non-hydrogen) atoms. The van der Waals surface area contributed by atoms with Gasteiger partial charge in [-0.05, 0) is 37.5 Å². The van der Waals surface area contributed by atoms with E-state index in [1.165, 1.54) is 19.2 Å². The van der Waals surface area contributed by atoms with Crippen LogP contribution in [0.5, 0.6) is 5.75 Å². The summed E-state index contributed by atoms with van der Waals surface area (Å²) in [6, 6.07) is 4.58. The molecule has 0 bridgehead atoms. The number of amides is 1. The normalized spacial score (nSPS) is 15.2. The molecule has 3 N–H and O–H groups in total. The predicted octanol–water partition coefficient (Wildman–Crippen LogP) is 2.48. The molecule has 0 spiro atoms. The summed E-state index contributed by atoms with van der Waals surface area (Å²) in [6.45, 7) is 3.66. The van der Waals surface area contributed by atoms with Gasteiger partial charge >= 0.3 is 6.09 Å². The van der Waals surface area contributed by atoms with E-state index in [0.29, 0.717) is 37.0 Å². The van der Waals surface area contributed by atoms with Gasteiger partial charge in [0.25, 0.3) is 0 Å². The number of aliphatic imine (C=N–C) groups is 1. The zero-order valence-electron chi connectivity index (χ0n) is 15.0. The first-order chi connectivity index (χ1) is 12.0. The van der Waals surface area contributed by atoms with E-state index in [4.69, 9.17) is 15.2 Å². The van der Waals surface area contributed by atoms with Gasteiger partial charge in [-0.3, -0.25) is 0 Å². The van der Waals surface area contributed by atoms with Crippen LogP contribution in [0.15, 0.2) is 23.2 Å². The first-order valence-electron chi connectivity index (χ1n) is 8.33. The van der Waals surface area contributed by atoms with E-state index < -0.39 is 0 Å². The lowest BCUT2D eigenvalue weighted by atomic mass is 10.1. The first kappa shape index (κ1) is 22.3. The Hall–Kier alpha value is -1.78. The largest absolute Gasteiger partial charge is 0.497 e. The van der Waals surface area contributed by atoms with Gasteiger partial charge in [-0.25, -0.2) is 14.2 Å². The van der Waals surface area contributed by atoms with Gasteiger partial charge in [0.15, 0.2) is 5.96 Å². The van der Waals surface area contributed by atoms with Gasteiger partial charge in [0, 0.05) is 25.2 Å². The molecule has 9 heteroatoms. The zero-order chi connectivity index (χ0) is 18.2. The van der Waals surface area contributed by atoms with E-state index in [2.05, 4.69) is 10.3 Å². The molecule has 1 aromatic rings. The molecule has 0 radical (unpaired) electrons. The molecule has 1 aliphatic heterocycles. The van der Waals surface area contributed by atoms with Crippen LogP contribution >= 0.6 is 24.0 Å². The zero-order valence-corrected chi connectivity index (χ0v) is 17.4. The van der Waals surface area contributed by atoms with Crippen molar-refractivity contribution in [3.05, 3.63) is 29.6 Å². The average molecular weight is 480 g/mol. The molecule has 146 valence electrons. The van der Waals surface area contributed by atoms with Crippen molar-refractivity contribution >= 4 is 36.0 Å². The topological polar surface area (TPSA) is 89.2 Å². The van der Waals surface area contributed by atoms with Crippen LogP contribution in [0, 0.1) is 5.82 Å². The molecule has 0 saturated carbocycles. The minimum absolute atomic E-state index is 0. The Labute approximate surface area is 170 Å². The van der Waals surface area contributed by atoms with Crippen LogP contribution in [-0.4, -0.2) is 49.8 Å². The SMILES string of the molecule is CCOC(=O)N1CCC(NC(N)=NCc2cc(F)cc(OC)c2)CC1.I. The fraction of sp³-hybridized carbons (Fsp3) is 0.529. The minimum atomic E-state index is -0.373. The average Bonchev–Trinajstić information content (AvgIpc) is 2.60. The molecule has 7 nitrogen and oxygen atoms in total. The van der Waals surface area contributed by atoms with Crippen molar-refractivity contribution < 1.29 is 18.7 Å². The number of methoxy groups -OCH3 is 1. The highest BCUT2D eigenvalue weighted by Crippen LogP contribution is 2.16. The summed E-state index contributed by atoms with van der Waals surface area (Å²) in [5.41, 5.74) is 6.59. The number of nitrogens with zero attached hydrogens (tertiary/aromatic N) is 2. The molecule has 1 saturated heterocycles. The number of halogens is 2. The molecule has 0 unspecified atom stereocenters. The molecule has 1 heterocycles. The number of rotatable bonds is 5. The molecule has 1 aromatic carbocycles. The Kier molecular flexibility index (Phi) is 9.46. The summed E-state index contributed by atoms with van der Waals surface area (Å²) in [5.74, 6) is 0.378. The van der Waals surface area contributed by atoms with E-state index in [0.717, 1.165) is 12.8 Å². The first-order valence-corrected chi connectivity index (χ1v) is 8.33. The highest BCUT2D eigenvalue weighted by Gasteiger charge is 2.23. The lowest BCUT2D eigenvalue weighted by molar-refractivity contribution is 0.0963. The lowest BCUT2D eigenvalue weighted by Gasteiger charge is -2.31. The minimum Gasteiger partial charge on any atom is -0.497 e. The van der Waals surface area contributed by atoms with Crippen LogP contribution in [0.1, 0.15) is 25.3 Å². The highest BCUT2D eigenvalue weighted by molar-refractivity contribution is 14.0. The molecule has 1 fully saturated rings. The summed E-state index contributed by atoms with van der Waals surface area (Å²) < 4.78 is 23.5. The van der Waals surface area contributed by atoms with E-state index in [-0.39, 0.29) is 48.5 Å². The Morgan fingerprint density at radius 1 is 1.38 bits per heavy atom. The fourth-order valence-corrected chi connectivity index (χ4v) is 2.68. The second-order valence-electron chi connectivity index (χ2n) is 5.81. The Morgan fingerprint density at radius 2 is 2.08 bits per heavy atom. The lowest BCUT2D eigenvalue weighted by Crippen LogP contribution is -2.48. The number of nitrogens with one attached hydrogen (secondary N) is 1. The number of likely N-dealkylation sites (tertiary alicyclic amines) is 1. The number of piperidine rings is 1. The van der Waals surface area contributed by atoms with Gasteiger partial charge in [0.2, 0.25) is 0 Å². The van der Waals surface area contributed by atoms with Crippen molar-refractivity contribution in [3.8, 4) is 5.75 Å². The quantitative estimate of drug-likeness (QED) is 0.384. The molecule has 1 amide bonds. The summed E-state index contributed by atoms with van der Waals surface area (Å²) in [7, 11) is 1.49. The number of hydrogen-bond donors (Lipinski definition) is 2. The van der Waals surface area contributed by atoms with Crippen LogP contribution in [0.4, 0.5) is 9.18 Å². The number of benzene rings is 1. The fourth-order valence-electron chi connectivity index (χ4n) is 2.68. The van der Waals surface area contributed by atoms with Gasteiger partial charge < -0.3 is 25.4 Å². The Morgan fingerprint density at radius 3 is 2.69 bits per heavy atom. The number of ether oxygens (including phenoxy) is 2. The standard InChI is InChI=1S/C17H25FN4O3.HI/c1-3-25-17(23)22-6-4-14(5-7-22)21-16(19)20-11-12-8-13(18)10-15(9-12)24-2;/h8-10,14H,3-7,11H2,1-2H3,(H3,19,20,21);1H. The van der Waals surface area contributed by atoms with Crippen LogP contribution in [0.3, 0.4) is 0 Å². The van der Waals surface area contributed by atoms with Crippen molar-refractivity contribution in [2.45, 2.75) is 32.4 Å². The summed E-state index contributed by atoms with van der Waals surface area (Å²) in [6.07, 6.45) is 1.26. The van der Waals surface area contributed by atoms with Crippen molar-refractivity contribution in [2.24, 2.45) is 10.7 Å². The van der Waals surface area contributed by atoms with Crippen LogP contribution in [0.2, 0.25) is 0 Å². The van der Waals surface area contributed by atoms with Gasteiger partial charge in [-0.2, -0.15) is 0 Å². The van der Waals surface area contributed by atoms with Crippen molar-refractivity contribution in [1.29, 1.82) is 0 Å². The van der Waals surface area contributed by atoms with Crippen LogP contribution in [-0.2, 0) is 11.3 Å². The van der Waals surface area contributed by atoms with Crippen molar-refractivity contribution in [1.82, 2.24) is 10.2 Å². The van der Waals surface area contributed by atoms with Gasteiger partial charge in [0.05, 0.1) is 20.3 Å². The summed E-state index contributed by atoms with van der Waals surface area (Å²) in [4.78, 5) is 17.6. The van der Waals surface area contributed by atoms with Crippen molar-refractivity contribution in [3.63, 3.8) is 0 Å². The van der Waals surface area contributed by atoms with Gasteiger partial charge in [-0.1, -0.05) is 0 Å². The maximum Gasteiger partial charge on any atom is 0.409 e. The van der Waals surface area contributed by atoms with E-state index in [1.54, 1.807) is 17.9 Å². The van der Waals surface area contributed by atoms with E-state index in [1.807, 2.05) is 0 Å². The number of carbonyl (C=O) groups is 1. The molecular weight excluding hydrogens is 454 g/mol. The molecule has 0 aliphatic carbocycles. The van der Waals surface area contributed by atoms with Gasteiger partial charge in [0.1, 0.15) is 11.6 Å². The van der Waals surface area contributed by atoms with E-state index >= 15 is 0 Å². The summed E-state index contributed by atoms with van der Waals surface area (Å²) >= 11 is 0. The number of nitrogens with two attached hydrogens (primary N) is 1. The molecule has 0 atom stereocenters. The second-order valence-corrected chi connectivity index (χ2v) is 5.81. The molecule has 1 aliphatic rings. The monoisotopic (exact) mass is 480 g/mol. The van der Waals surface area contributed by atoms with Gasteiger partial charge in [-0.15, -0.1) is 24.0 Å². The number of hydrogen-bond acceptors (Lipinski definition) is 4. The Bertz CT molecular complexity index is 622. The summed E-state index contributed by atoms with van der Waals surface area (Å²) in [5, 5.41) is 3.15. The third kappa shape index (κ3) is 6.85. The number of guanidine groups is 1. The maximum absolute atomic E-state index is 13.5. The second kappa shape index (κ2) is 11.0. The van der Waals surface area contributed by atoms with Crippen LogP contribution < -0.4 is 15.8 Å². The third-order valence-corrected chi connectivity index (χ3v) is 3.97. The van der Waals surface area contributed by atoms with Crippen LogP contribution in [0.25, 0.3) is 0 Å². The predicted molar refractivity (Wildman–Crippen MR) is 108 cm³/mol. The van der Waals surface area contributed by atoms with Crippen molar-refractivity contribution in [2.75, 3.05) is 26.8 Å². The molecular formula is C17H26FIN4O3. The maximum atomic E-state index is 13.5.